The Hall–Kier alpha value is -1.59. The SMILES string of the molecule is CC1(C)[C@H](C(=O)O)[C@@H]1C(=O)NCCCC(=O)O. The van der Waals surface area contributed by atoms with Crippen molar-refractivity contribution in [2.75, 3.05) is 6.54 Å². The van der Waals surface area contributed by atoms with Crippen LogP contribution >= 0.6 is 0 Å². The number of aliphatic carboxylic acids is 2. The second-order valence-corrected chi connectivity index (χ2v) is 4.90. The summed E-state index contributed by atoms with van der Waals surface area (Å²) in [7, 11) is 0. The van der Waals surface area contributed by atoms with E-state index in [9.17, 15) is 14.4 Å². The summed E-state index contributed by atoms with van der Waals surface area (Å²) in [6, 6.07) is 0. The van der Waals surface area contributed by atoms with E-state index in [0.717, 1.165) is 0 Å². The lowest BCUT2D eigenvalue weighted by Gasteiger charge is -2.04. The molecular formula is C11H17NO5. The third kappa shape index (κ3) is 2.95. The Balaban J connectivity index is 2.35. The first kappa shape index (κ1) is 13.5. The van der Waals surface area contributed by atoms with Crippen molar-refractivity contribution < 1.29 is 24.6 Å². The second kappa shape index (κ2) is 4.73. The second-order valence-electron chi connectivity index (χ2n) is 4.90. The van der Waals surface area contributed by atoms with Crippen molar-refractivity contribution >= 4 is 17.8 Å². The lowest BCUT2D eigenvalue weighted by Crippen LogP contribution is -2.28. The highest BCUT2D eigenvalue weighted by atomic mass is 16.4. The van der Waals surface area contributed by atoms with Gasteiger partial charge < -0.3 is 15.5 Å². The molecule has 0 bridgehead atoms. The van der Waals surface area contributed by atoms with Gasteiger partial charge in [-0.2, -0.15) is 0 Å². The number of carbonyl (C=O) groups excluding carboxylic acids is 1. The zero-order valence-electron chi connectivity index (χ0n) is 9.90. The molecule has 0 aromatic carbocycles. The van der Waals surface area contributed by atoms with Crippen LogP contribution in [-0.2, 0) is 14.4 Å². The summed E-state index contributed by atoms with van der Waals surface area (Å²) in [4.78, 5) is 32.8. The van der Waals surface area contributed by atoms with Crippen LogP contribution in [0.5, 0.6) is 0 Å². The maximum Gasteiger partial charge on any atom is 0.307 e. The molecule has 0 aromatic heterocycles. The molecule has 6 heteroatoms. The predicted octanol–water partition coefficient (Wildman–Crippen LogP) is 0.324. The van der Waals surface area contributed by atoms with Crippen LogP contribution in [0, 0.1) is 17.3 Å². The molecule has 3 N–H and O–H groups in total. The molecule has 0 spiro atoms. The number of hydrogen-bond acceptors (Lipinski definition) is 3. The third-order valence-corrected chi connectivity index (χ3v) is 3.24. The Kier molecular flexibility index (Phi) is 3.75. The fourth-order valence-corrected chi connectivity index (χ4v) is 2.15. The largest absolute Gasteiger partial charge is 0.481 e. The minimum absolute atomic E-state index is 0.00328. The average molecular weight is 243 g/mol. The maximum absolute atomic E-state index is 11.7. The molecule has 0 unspecified atom stereocenters. The summed E-state index contributed by atoms with van der Waals surface area (Å²) in [5, 5.41) is 19.9. The van der Waals surface area contributed by atoms with Gasteiger partial charge in [0, 0.05) is 13.0 Å². The van der Waals surface area contributed by atoms with Crippen LogP contribution in [0.3, 0.4) is 0 Å². The zero-order chi connectivity index (χ0) is 13.2. The van der Waals surface area contributed by atoms with E-state index in [2.05, 4.69) is 5.32 Å². The smallest absolute Gasteiger partial charge is 0.307 e. The molecule has 0 saturated heterocycles. The van der Waals surface area contributed by atoms with Crippen LogP contribution in [0.4, 0.5) is 0 Å². The summed E-state index contributed by atoms with van der Waals surface area (Å²) in [5.41, 5.74) is -0.511. The van der Waals surface area contributed by atoms with Gasteiger partial charge >= 0.3 is 11.9 Å². The van der Waals surface area contributed by atoms with Crippen molar-refractivity contribution in [3.8, 4) is 0 Å². The molecule has 6 nitrogen and oxygen atoms in total. The molecular weight excluding hydrogens is 226 g/mol. The zero-order valence-corrected chi connectivity index (χ0v) is 9.90. The fourth-order valence-electron chi connectivity index (χ4n) is 2.15. The molecule has 1 amide bonds. The van der Waals surface area contributed by atoms with Crippen LogP contribution in [0.25, 0.3) is 0 Å². The Bertz CT molecular complexity index is 350. The molecule has 0 heterocycles. The molecule has 17 heavy (non-hydrogen) atoms. The molecule has 2 atom stereocenters. The molecule has 0 aliphatic heterocycles. The highest BCUT2D eigenvalue weighted by molar-refractivity contribution is 5.91. The van der Waals surface area contributed by atoms with E-state index in [1.165, 1.54) is 0 Å². The molecule has 0 aromatic rings. The quantitative estimate of drug-likeness (QED) is 0.583. The molecule has 1 aliphatic carbocycles. The highest BCUT2D eigenvalue weighted by Gasteiger charge is 2.65. The van der Waals surface area contributed by atoms with Gasteiger partial charge in [0.05, 0.1) is 11.8 Å². The molecule has 1 fully saturated rings. The van der Waals surface area contributed by atoms with Crippen LogP contribution in [-0.4, -0.2) is 34.6 Å². The van der Waals surface area contributed by atoms with Gasteiger partial charge in [0.15, 0.2) is 0 Å². The Morgan fingerprint density at radius 2 is 1.76 bits per heavy atom. The lowest BCUT2D eigenvalue weighted by atomic mass is 10.1. The van der Waals surface area contributed by atoms with Crippen molar-refractivity contribution in [1.82, 2.24) is 5.32 Å². The fraction of sp³-hybridized carbons (Fsp3) is 0.727. The predicted molar refractivity (Wildman–Crippen MR) is 58.3 cm³/mol. The van der Waals surface area contributed by atoms with E-state index in [4.69, 9.17) is 10.2 Å². The minimum Gasteiger partial charge on any atom is -0.481 e. The summed E-state index contributed by atoms with van der Waals surface area (Å²) >= 11 is 0. The first-order valence-electron chi connectivity index (χ1n) is 5.50. The van der Waals surface area contributed by atoms with Crippen LogP contribution < -0.4 is 5.32 Å². The van der Waals surface area contributed by atoms with E-state index >= 15 is 0 Å². The summed E-state index contributed by atoms with van der Waals surface area (Å²) in [6.07, 6.45) is 0.350. The summed E-state index contributed by atoms with van der Waals surface area (Å²) < 4.78 is 0. The van der Waals surface area contributed by atoms with Gasteiger partial charge in [0.25, 0.3) is 0 Å². The third-order valence-electron chi connectivity index (χ3n) is 3.24. The standard InChI is InChI=1S/C11H17NO5/c1-11(2)7(8(11)10(16)17)9(15)12-5-3-4-6(13)14/h7-8H,3-5H2,1-2H3,(H,12,15)(H,13,14)(H,16,17)/t7-,8+/m1/s1. The van der Waals surface area contributed by atoms with Gasteiger partial charge in [0.1, 0.15) is 0 Å². The van der Waals surface area contributed by atoms with E-state index in [0.29, 0.717) is 6.42 Å². The van der Waals surface area contributed by atoms with Gasteiger partial charge in [-0.05, 0) is 11.8 Å². The van der Waals surface area contributed by atoms with Gasteiger partial charge in [-0.25, -0.2) is 0 Å². The number of amides is 1. The number of carboxylic acid groups (broad SMARTS) is 2. The summed E-state index contributed by atoms with van der Waals surface area (Å²) in [5.74, 6) is -3.31. The highest BCUT2D eigenvalue weighted by Crippen LogP contribution is 2.58. The molecule has 1 aliphatic rings. The maximum atomic E-state index is 11.7. The average Bonchev–Trinajstić information content (AvgIpc) is 2.76. The van der Waals surface area contributed by atoms with E-state index < -0.39 is 29.2 Å². The Morgan fingerprint density at radius 3 is 2.18 bits per heavy atom. The first-order chi connectivity index (χ1) is 7.78. The van der Waals surface area contributed by atoms with E-state index in [1.807, 2.05) is 0 Å². The van der Waals surface area contributed by atoms with E-state index in [1.54, 1.807) is 13.8 Å². The van der Waals surface area contributed by atoms with Gasteiger partial charge in [0.2, 0.25) is 5.91 Å². The van der Waals surface area contributed by atoms with Gasteiger partial charge in [-0.3, -0.25) is 14.4 Å². The number of carbonyl (C=O) groups is 3. The Morgan fingerprint density at radius 1 is 1.18 bits per heavy atom. The topological polar surface area (TPSA) is 104 Å². The number of carboxylic acids is 2. The number of hydrogen-bond donors (Lipinski definition) is 3. The van der Waals surface area contributed by atoms with Crippen LogP contribution in [0.15, 0.2) is 0 Å². The van der Waals surface area contributed by atoms with Crippen molar-refractivity contribution in [2.45, 2.75) is 26.7 Å². The minimum atomic E-state index is -0.958. The molecule has 96 valence electrons. The lowest BCUT2D eigenvalue weighted by molar-refractivity contribution is -0.140. The van der Waals surface area contributed by atoms with Crippen molar-refractivity contribution in [3.63, 3.8) is 0 Å². The van der Waals surface area contributed by atoms with Crippen molar-refractivity contribution in [3.05, 3.63) is 0 Å². The Labute approximate surface area is 99.0 Å². The monoisotopic (exact) mass is 243 g/mol. The van der Waals surface area contributed by atoms with Gasteiger partial charge in [-0.15, -0.1) is 0 Å². The van der Waals surface area contributed by atoms with Crippen molar-refractivity contribution in [2.24, 2.45) is 17.3 Å². The molecule has 0 radical (unpaired) electrons. The summed E-state index contributed by atoms with van der Waals surface area (Å²) in [6.45, 7) is 3.75. The van der Waals surface area contributed by atoms with Gasteiger partial charge in [-0.1, -0.05) is 13.8 Å². The van der Waals surface area contributed by atoms with Crippen LogP contribution in [0.2, 0.25) is 0 Å². The molecule has 1 rings (SSSR count). The first-order valence-corrected chi connectivity index (χ1v) is 5.50. The van der Waals surface area contributed by atoms with Crippen molar-refractivity contribution in [1.29, 1.82) is 0 Å². The molecule has 1 saturated carbocycles. The number of rotatable bonds is 6. The number of nitrogens with one attached hydrogen (secondary N) is 1. The van der Waals surface area contributed by atoms with E-state index in [-0.39, 0.29) is 18.9 Å². The normalized spacial score (nSPS) is 25.1. The van der Waals surface area contributed by atoms with Crippen LogP contribution in [0.1, 0.15) is 26.7 Å².